The van der Waals surface area contributed by atoms with E-state index in [0.29, 0.717) is 27.1 Å². The molecule has 3 aromatic rings. The minimum Gasteiger partial charge on any atom is -0.297 e. The highest BCUT2D eigenvalue weighted by molar-refractivity contribution is 6.34. The van der Waals surface area contributed by atoms with Gasteiger partial charge in [-0.25, -0.2) is 15.0 Å². The van der Waals surface area contributed by atoms with Crippen molar-refractivity contribution in [1.29, 1.82) is 0 Å². The number of hydrogen-bond acceptors (Lipinski definition) is 3. The first-order valence-corrected chi connectivity index (χ1v) is 6.10. The number of fused-ring (bicyclic) bond motifs is 1. The molecule has 0 atom stereocenters. The maximum absolute atomic E-state index is 6.07. The van der Waals surface area contributed by atoms with Crippen LogP contribution in [-0.2, 0) is 0 Å². The van der Waals surface area contributed by atoms with Gasteiger partial charge >= 0.3 is 0 Å². The van der Waals surface area contributed by atoms with E-state index in [1.165, 1.54) is 6.20 Å². The molecule has 0 unspecified atom stereocenters. The Labute approximate surface area is 117 Å². The molecule has 4 nitrogen and oxygen atoms in total. The summed E-state index contributed by atoms with van der Waals surface area (Å²) >= 11 is 17.9. The van der Waals surface area contributed by atoms with Gasteiger partial charge in [-0.15, -0.1) is 0 Å². The minimum absolute atomic E-state index is 0.131. The third-order valence-corrected chi connectivity index (χ3v) is 3.20. The highest BCUT2D eigenvalue weighted by Gasteiger charge is 2.13. The highest BCUT2D eigenvalue weighted by atomic mass is 35.5. The SMILES string of the molecule is Clc1ncc(Cl)c(-c2cnc3c(Cl)cccn23)n1. The smallest absolute Gasteiger partial charge is 0.223 e. The van der Waals surface area contributed by atoms with E-state index in [-0.39, 0.29) is 5.28 Å². The van der Waals surface area contributed by atoms with Gasteiger partial charge in [-0.3, -0.25) is 4.40 Å². The molecule has 18 heavy (non-hydrogen) atoms. The van der Waals surface area contributed by atoms with Crippen molar-refractivity contribution in [2.24, 2.45) is 0 Å². The number of pyridine rings is 1. The fourth-order valence-corrected chi connectivity index (χ4v) is 2.21. The maximum atomic E-state index is 6.07. The van der Waals surface area contributed by atoms with E-state index in [9.17, 15) is 0 Å². The molecule has 0 spiro atoms. The summed E-state index contributed by atoms with van der Waals surface area (Å²) in [6.07, 6.45) is 4.93. The Morgan fingerprint density at radius 1 is 1.00 bits per heavy atom. The first-order valence-electron chi connectivity index (χ1n) is 4.97. The van der Waals surface area contributed by atoms with Crippen LogP contribution in [0.2, 0.25) is 15.3 Å². The zero-order valence-electron chi connectivity index (χ0n) is 8.81. The van der Waals surface area contributed by atoms with Crippen LogP contribution in [0, 0.1) is 0 Å². The first-order chi connectivity index (χ1) is 8.66. The van der Waals surface area contributed by atoms with E-state index < -0.39 is 0 Å². The monoisotopic (exact) mass is 298 g/mol. The summed E-state index contributed by atoms with van der Waals surface area (Å²) in [7, 11) is 0. The summed E-state index contributed by atoms with van der Waals surface area (Å²) in [6.45, 7) is 0. The van der Waals surface area contributed by atoms with E-state index >= 15 is 0 Å². The summed E-state index contributed by atoms with van der Waals surface area (Å²) in [5.41, 5.74) is 1.87. The van der Waals surface area contributed by atoms with Crippen LogP contribution < -0.4 is 0 Å². The molecule has 90 valence electrons. The number of hydrogen-bond donors (Lipinski definition) is 0. The topological polar surface area (TPSA) is 43.1 Å². The largest absolute Gasteiger partial charge is 0.297 e. The van der Waals surface area contributed by atoms with Crippen molar-refractivity contribution >= 4 is 40.4 Å². The third kappa shape index (κ3) is 1.82. The maximum Gasteiger partial charge on any atom is 0.223 e. The Kier molecular flexibility index (Phi) is 2.86. The van der Waals surface area contributed by atoms with Crippen LogP contribution in [0.1, 0.15) is 0 Å². The molecule has 0 radical (unpaired) electrons. The van der Waals surface area contributed by atoms with Gasteiger partial charge in [0.25, 0.3) is 0 Å². The molecule has 0 aliphatic heterocycles. The second-order valence-corrected chi connectivity index (χ2v) is 4.68. The van der Waals surface area contributed by atoms with Gasteiger partial charge in [0.2, 0.25) is 5.28 Å². The minimum atomic E-state index is 0.131. The molecule has 0 N–H and O–H groups in total. The van der Waals surface area contributed by atoms with Crippen LogP contribution >= 0.6 is 34.8 Å². The van der Waals surface area contributed by atoms with Gasteiger partial charge in [-0.1, -0.05) is 23.2 Å². The van der Waals surface area contributed by atoms with Crippen molar-refractivity contribution < 1.29 is 0 Å². The number of rotatable bonds is 1. The quantitative estimate of drug-likeness (QED) is 0.643. The van der Waals surface area contributed by atoms with Crippen LogP contribution in [0.25, 0.3) is 17.0 Å². The Hall–Kier alpha value is -1.36. The van der Waals surface area contributed by atoms with Crippen molar-refractivity contribution in [2.75, 3.05) is 0 Å². The Morgan fingerprint density at radius 2 is 1.83 bits per heavy atom. The van der Waals surface area contributed by atoms with E-state index in [0.717, 1.165) is 0 Å². The van der Waals surface area contributed by atoms with Crippen molar-refractivity contribution in [1.82, 2.24) is 19.4 Å². The molecule has 0 aliphatic rings. The van der Waals surface area contributed by atoms with Gasteiger partial charge in [-0.05, 0) is 23.7 Å². The van der Waals surface area contributed by atoms with Gasteiger partial charge in [0.1, 0.15) is 5.69 Å². The molecule has 0 bridgehead atoms. The van der Waals surface area contributed by atoms with Crippen LogP contribution in [-0.4, -0.2) is 19.4 Å². The molecule has 0 saturated heterocycles. The molecule has 0 saturated carbocycles. The average molecular weight is 300 g/mol. The normalized spacial score (nSPS) is 11.1. The second-order valence-electron chi connectivity index (χ2n) is 3.53. The highest BCUT2D eigenvalue weighted by Crippen LogP contribution is 2.28. The van der Waals surface area contributed by atoms with E-state index in [1.807, 2.05) is 12.3 Å². The fraction of sp³-hybridized carbons (Fsp3) is 0. The molecular formula is C11H5Cl3N4. The van der Waals surface area contributed by atoms with Crippen molar-refractivity contribution in [3.63, 3.8) is 0 Å². The second kappa shape index (κ2) is 4.39. The zero-order valence-corrected chi connectivity index (χ0v) is 11.1. The molecule has 0 aromatic carbocycles. The Bertz CT molecular complexity index is 738. The van der Waals surface area contributed by atoms with Crippen molar-refractivity contribution in [2.45, 2.75) is 0 Å². The lowest BCUT2D eigenvalue weighted by atomic mass is 10.3. The molecule has 0 fully saturated rings. The van der Waals surface area contributed by atoms with Crippen molar-refractivity contribution in [3.05, 3.63) is 46.1 Å². The van der Waals surface area contributed by atoms with Gasteiger partial charge in [0.15, 0.2) is 5.65 Å². The lowest BCUT2D eigenvalue weighted by Gasteiger charge is -2.03. The number of nitrogens with zero attached hydrogens (tertiary/aromatic N) is 4. The summed E-state index contributed by atoms with van der Waals surface area (Å²) in [5.74, 6) is 0. The Balaban J connectivity index is 2.32. The first kappa shape index (κ1) is 11.7. The van der Waals surface area contributed by atoms with Crippen LogP contribution in [0.15, 0.2) is 30.7 Å². The fourth-order valence-electron chi connectivity index (χ4n) is 1.68. The third-order valence-electron chi connectivity index (χ3n) is 2.45. The van der Waals surface area contributed by atoms with Crippen LogP contribution in [0.5, 0.6) is 0 Å². The molecule has 3 heterocycles. The van der Waals surface area contributed by atoms with E-state index in [1.54, 1.807) is 16.7 Å². The number of halogens is 3. The standard InChI is InChI=1S/C11H5Cl3N4/c12-6-2-1-3-18-8(5-15-10(6)18)9-7(13)4-16-11(14)17-9/h1-5H. The van der Waals surface area contributed by atoms with E-state index in [2.05, 4.69) is 15.0 Å². The molecule has 3 aromatic heterocycles. The van der Waals surface area contributed by atoms with Gasteiger partial charge in [0, 0.05) is 6.20 Å². The predicted molar refractivity (Wildman–Crippen MR) is 71.2 cm³/mol. The number of imidazole rings is 1. The molecular weight excluding hydrogens is 295 g/mol. The summed E-state index contributed by atoms with van der Waals surface area (Å²) in [5, 5.41) is 1.09. The van der Waals surface area contributed by atoms with Gasteiger partial charge < -0.3 is 0 Å². The number of aromatic nitrogens is 4. The van der Waals surface area contributed by atoms with Crippen LogP contribution in [0.3, 0.4) is 0 Å². The van der Waals surface area contributed by atoms with E-state index in [4.69, 9.17) is 34.8 Å². The molecule has 7 heteroatoms. The summed E-state index contributed by atoms with van der Waals surface area (Å²) in [4.78, 5) is 12.2. The average Bonchev–Trinajstić information content (AvgIpc) is 2.77. The summed E-state index contributed by atoms with van der Waals surface area (Å²) < 4.78 is 1.80. The lowest BCUT2D eigenvalue weighted by molar-refractivity contribution is 1.13. The molecule has 3 rings (SSSR count). The predicted octanol–water partition coefficient (Wildman–Crippen LogP) is 3.75. The molecule has 0 aliphatic carbocycles. The lowest BCUT2D eigenvalue weighted by Crippen LogP contribution is -1.93. The van der Waals surface area contributed by atoms with Gasteiger partial charge in [-0.2, -0.15) is 0 Å². The molecule has 0 amide bonds. The van der Waals surface area contributed by atoms with Gasteiger partial charge in [0.05, 0.1) is 28.1 Å². The Morgan fingerprint density at radius 3 is 2.67 bits per heavy atom. The zero-order chi connectivity index (χ0) is 12.7. The van der Waals surface area contributed by atoms with Crippen molar-refractivity contribution in [3.8, 4) is 11.4 Å². The van der Waals surface area contributed by atoms with Crippen LogP contribution in [0.4, 0.5) is 0 Å². The summed E-state index contributed by atoms with van der Waals surface area (Å²) in [6, 6.07) is 3.58.